The number of rotatable bonds is 5. The summed E-state index contributed by atoms with van der Waals surface area (Å²) in [6.07, 6.45) is 0. The van der Waals surface area contributed by atoms with Gasteiger partial charge in [0, 0.05) is 6.07 Å². The Hall–Kier alpha value is -3.74. The number of nitrogens with one attached hydrogen (secondary N) is 1. The van der Waals surface area contributed by atoms with Crippen molar-refractivity contribution in [1.82, 2.24) is 0 Å². The number of hydrogen-bond donors (Lipinski definition) is 1. The van der Waals surface area contributed by atoms with Crippen LogP contribution in [0.2, 0.25) is 0 Å². The predicted molar refractivity (Wildman–Crippen MR) is 101 cm³/mol. The Bertz CT molecular complexity index is 1040. The fraction of sp³-hybridized carbons (Fsp3) is 0.100. The van der Waals surface area contributed by atoms with Crippen LogP contribution in [-0.4, -0.2) is 23.4 Å². The minimum Gasteiger partial charge on any atom is -0.452 e. The first-order valence-corrected chi connectivity index (χ1v) is 8.15. The van der Waals surface area contributed by atoms with Crippen LogP contribution in [0.25, 0.3) is 10.8 Å². The van der Waals surface area contributed by atoms with Crippen molar-refractivity contribution in [3.05, 3.63) is 81.9 Å². The summed E-state index contributed by atoms with van der Waals surface area (Å²) in [5.41, 5.74) is 0.879. The number of anilines is 1. The van der Waals surface area contributed by atoms with Gasteiger partial charge in [-0.05, 0) is 35.4 Å². The summed E-state index contributed by atoms with van der Waals surface area (Å²) < 4.78 is 5.07. The molecule has 7 heteroatoms. The maximum absolute atomic E-state index is 12.3. The molecule has 0 heterocycles. The van der Waals surface area contributed by atoms with E-state index in [-0.39, 0.29) is 11.4 Å². The van der Waals surface area contributed by atoms with Gasteiger partial charge in [-0.3, -0.25) is 14.9 Å². The molecule has 3 aromatic rings. The van der Waals surface area contributed by atoms with Gasteiger partial charge in [-0.2, -0.15) is 0 Å². The Morgan fingerprint density at radius 1 is 1.07 bits per heavy atom. The third-order valence-electron chi connectivity index (χ3n) is 3.97. The maximum Gasteiger partial charge on any atom is 0.339 e. The molecule has 0 bridgehead atoms. The molecule has 0 fully saturated rings. The quantitative estimate of drug-likeness (QED) is 0.421. The van der Waals surface area contributed by atoms with Gasteiger partial charge in [0.25, 0.3) is 11.6 Å². The molecule has 0 aliphatic rings. The van der Waals surface area contributed by atoms with Crippen LogP contribution in [-0.2, 0) is 9.53 Å². The van der Waals surface area contributed by atoms with Gasteiger partial charge in [0.1, 0.15) is 5.69 Å². The molecule has 1 N–H and O–H groups in total. The number of amides is 1. The minimum absolute atomic E-state index is 0.0526. The van der Waals surface area contributed by atoms with Crippen molar-refractivity contribution in [2.45, 2.75) is 6.92 Å². The molecule has 1 amide bonds. The van der Waals surface area contributed by atoms with Crippen molar-refractivity contribution in [2.24, 2.45) is 0 Å². The summed E-state index contributed by atoms with van der Waals surface area (Å²) >= 11 is 0. The first-order valence-electron chi connectivity index (χ1n) is 8.15. The Morgan fingerprint density at radius 2 is 1.81 bits per heavy atom. The molecule has 27 heavy (non-hydrogen) atoms. The lowest BCUT2D eigenvalue weighted by molar-refractivity contribution is -0.384. The maximum atomic E-state index is 12.3. The number of esters is 1. The summed E-state index contributed by atoms with van der Waals surface area (Å²) in [5.74, 6) is -1.30. The third kappa shape index (κ3) is 4.09. The molecule has 136 valence electrons. The average Bonchev–Trinajstić information content (AvgIpc) is 2.67. The summed E-state index contributed by atoms with van der Waals surface area (Å²) in [6, 6.07) is 17.0. The standard InChI is InChI=1S/C20H16N2O5/c1-13-9-10-17(18(11-13)22(25)26)21-19(23)12-27-20(24)16-8-4-6-14-5-2-3-7-15(14)16/h2-11H,12H2,1H3,(H,21,23). The molecule has 0 aromatic heterocycles. The zero-order valence-electron chi connectivity index (χ0n) is 14.5. The molecule has 0 spiro atoms. The molecular formula is C20H16N2O5. The Kier molecular flexibility index (Phi) is 5.12. The predicted octanol–water partition coefficient (Wildman–Crippen LogP) is 3.85. The zero-order chi connectivity index (χ0) is 19.4. The molecule has 7 nitrogen and oxygen atoms in total. The molecule has 3 rings (SSSR count). The van der Waals surface area contributed by atoms with Crippen LogP contribution in [0, 0.1) is 17.0 Å². The molecule has 0 atom stereocenters. The second-order valence-corrected chi connectivity index (χ2v) is 5.93. The highest BCUT2D eigenvalue weighted by Crippen LogP contribution is 2.25. The van der Waals surface area contributed by atoms with Crippen LogP contribution >= 0.6 is 0 Å². The second kappa shape index (κ2) is 7.65. The van der Waals surface area contributed by atoms with Gasteiger partial charge < -0.3 is 10.1 Å². The van der Waals surface area contributed by atoms with Gasteiger partial charge in [-0.1, -0.05) is 42.5 Å². The van der Waals surface area contributed by atoms with Crippen molar-refractivity contribution in [2.75, 3.05) is 11.9 Å². The third-order valence-corrected chi connectivity index (χ3v) is 3.97. The molecular weight excluding hydrogens is 348 g/mol. The monoisotopic (exact) mass is 364 g/mol. The van der Waals surface area contributed by atoms with Gasteiger partial charge in [0.05, 0.1) is 10.5 Å². The van der Waals surface area contributed by atoms with Gasteiger partial charge in [-0.15, -0.1) is 0 Å². The van der Waals surface area contributed by atoms with E-state index in [1.165, 1.54) is 12.1 Å². The van der Waals surface area contributed by atoms with Crippen LogP contribution < -0.4 is 5.32 Å². The van der Waals surface area contributed by atoms with Crippen molar-refractivity contribution in [1.29, 1.82) is 0 Å². The van der Waals surface area contributed by atoms with Crippen molar-refractivity contribution in [3.63, 3.8) is 0 Å². The number of nitro groups is 1. The molecule has 0 aliphatic heterocycles. The number of carbonyl (C=O) groups excluding carboxylic acids is 2. The summed E-state index contributed by atoms with van der Waals surface area (Å²) in [6.45, 7) is 1.16. The number of nitrogens with zero attached hydrogens (tertiary/aromatic N) is 1. The van der Waals surface area contributed by atoms with Crippen LogP contribution in [0.5, 0.6) is 0 Å². The fourth-order valence-electron chi connectivity index (χ4n) is 2.70. The van der Waals surface area contributed by atoms with Crippen molar-refractivity contribution in [3.8, 4) is 0 Å². The molecule has 0 radical (unpaired) electrons. The lowest BCUT2D eigenvalue weighted by atomic mass is 10.1. The SMILES string of the molecule is Cc1ccc(NC(=O)COC(=O)c2cccc3ccccc23)c([N+](=O)[O-])c1. The van der Waals surface area contributed by atoms with Crippen LogP contribution in [0.1, 0.15) is 15.9 Å². The number of aryl methyl sites for hydroxylation is 1. The highest BCUT2D eigenvalue weighted by atomic mass is 16.6. The molecule has 0 unspecified atom stereocenters. The van der Waals surface area contributed by atoms with E-state index in [0.717, 1.165) is 10.8 Å². The smallest absolute Gasteiger partial charge is 0.339 e. The highest BCUT2D eigenvalue weighted by Gasteiger charge is 2.18. The normalized spacial score (nSPS) is 10.4. The summed E-state index contributed by atoms with van der Waals surface area (Å²) in [4.78, 5) is 34.9. The topological polar surface area (TPSA) is 98.5 Å². The van der Waals surface area contributed by atoms with E-state index in [4.69, 9.17) is 4.74 Å². The van der Waals surface area contributed by atoms with Crippen molar-refractivity contribution < 1.29 is 19.2 Å². The number of fused-ring (bicyclic) bond motifs is 1. The summed E-state index contributed by atoms with van der Waals surface area (Å²) in [7, 11) is 0. The first kappa shape index (κ1) is 18.1. The van der Waals surface area contributed by atoms with Gasteiger partial charge in [0.2, 0.25) is 0 Å². The number of ether oxygens (including phenoxy) is 1. The Morgan fingerprint density at radius 3 is 2.59 bits per heavy atom. The van der Waals surface area contributed by atoms with Crippen molar-refractivity contribution >= 4 is 34.0 Å². The second-order valence-electron chi connectivity index (χ2n) is 5.93. The zero-order valence-corrected chi connectivity index (χ0v) is 14.5. The summed E-state index contributed by atoms with van der Waals surface area (Å²) in [5, 5.41) is 15.1. The van der Waals surface area contributed by atoms with Crippen LogP contribution in [0.4, 0.5) is 11.4 Å². The molecule has 3 aromatic carbocycles. The lowest BCUT2D eigenvalue weighted by Gasteiger charge is -2.09. The van der Waals surface area contributed by atoms with E-state index in [1.54, 1.807) is 31.2 Å². The van der Waals surface area contributed by atoms with E-state index in [0.29, 0.717) is 11.1 Å². The minimum atomic E-state index is -0.657. The number of nitro benzene ring substituents is 1. The first-order chi connectivity index (χ1) is 13.0. The number of carbonyl (C=O) groups is 2. The van der Waals surface area contributed by atoms with Crippen LogP contribution in [0.3, 0.4) is 0 Å². The van der Waals surface area contributed by atoms with Crippen LogP contribution in [0.15, 0.2) is 60.7 Å². The van der Waals surface area contributed by atoms with E-state index in [2.05, 4.69) is 5.32 Å². The molecule has 0 saturated heterocycles. The van der Waals surface area contributed by atoms with Gasteiger partial charge in [-0.25, -0.2) is 4.79 Å². The average molecular weight is 364 g/mol. The molecule has 0 aliphatic carbocycles. The van der Waals surface area contributed by atoms with E-state index in [9.17, 15) is 19.7 Å². The van der Waals surface area contributed by atoms with Gasteiger partial charge in [0.15, 0.2) is 6.61 Å². The number of hydrogen-bond acceptors (Lipinski definition) is 5. The lowest BCUT2D eigenvalue weighted by Crippen LogP contribution is -2.21. The number of benzene rings is 3. The van der Waals surface area contributed by atoms with E-state index < -0.39 is 23.4 Å². The van der Waals surface area contributed by atoms with E-state index >= 15 is 0 Å². The highest BCUT2D eigenvalue weighted by molar-refractivity contribution is 6.05. The Labute approximate surface area is 154 Å². The molecule has 0 saturated carbocycles. The van der Waals surface area contributed by atoms with E-state index in [1.807, 2.05) is 24.3 Å². The fourth-order valence-corrected chi connectivity index (χ4v) is 2.70. The Balaban J connectivity index is 1.69. The largest absolute Gasteiger partial charge is 0.452 e. The van der Waals surface area contributed by atoms with Gasteiger partial charge >= 0.3 is 5.97 Å².